The molecule has 1 aliphatic heterocycles. The van der Waals surface area contributed by atoms with E-state index in [1.165, 1.54) is 30.3 Å². The number of ether oxygens (including phenoxy) is 2. The van der Waals surface area contributed by atoms with Gasteiger partial charge in [-0.15, -0.1) is 0 Å². The second kappa shape index (κ2) is 9.20. The Morgan fingerprint density at radius 3 is 2.59 bits per heavy atom. The average Bonchev–Trinajstić information content (AvgIpc) is 2.72. The van der Waals surface area contributed by atoms with Crippen molar-refractivity contribution in [1.82, 2.24) is 4.90 Å². The summed E-state index contributed by atoms with van der Waals surface area (Å²) in [6.45, 7) is 2.29. The highest BCUT2D eigenvalue weighted by Gasteiger charge is 2.28. The Morgan fingerprint density at radius 2 is 1.89 bits per heavy atom. The third-order valence-corrected chi connectivity index (χ3v) is 5.25. The maximum absolute atomic E-state index is 13.1. The van der Waals surface area contributed by atoms with E-state index in [1.54, 1.807) is 12.1 Å². The third kappa shape index (κ3) is 4.79. The van der Waals surface area contributed by atoms with Gasteiger partial charge in [0.2, 0.25) is 0 Å². The van der Waals surface area contributed by atoms with E-state index in [0.717, 1.165) is 31.6 Å². The lowest BCUT2D eigenvalue weighted by atomic mass is 9.87. The van der Waals surface area contributed by atoms with Crippen molar-refractivity contribution in [1.29, 1.82) is 0 Å². The molecule has 0 bridgehead atoms. The van der Waals surface area contributed by atoms with Crippen LogP contribution in [0.1, 0.15) is 38.3 Å². The second-order valence-electron chi connectivity index (χ2n) is 6.88. The lowest BCUT2D eigenvalue weighted by Gasteiger charge is -2.34. The van der Waals surface area contributed by atoms with Gasteiger partial charge in [-0.2, -0.15) is 0 Å². The molecule has 1 N–H and O–H groups in total. The minimum atomic E-state index is -2.84. The maximum atomic E-state index is 13.1. The van der Waals surface area contributed by atoms with E-state index in [4.69, 9.17) is 17.7 Å². The van der Waals surface area contributed by atoms with Crippen molar-refractivity contribution in [2.24, 2.45) is 5.92 Å². The molecule has 5 heteroatoms. The lowest BCUT2D eigenvalue weighted by molar-refractivity contribution is 0.0573. The fourth-order valence-corrected chi connectivity index (χ4v) is 3.64. The van der Waals surface area contributed by atoms with E-state index < -0.39 is 20.2 Å². The Bertz CT molecular complexity index is 912. The number of likely N-dealkylation sites (tertiary alicyclic amines) is 1. The molecule has 0 spiro atoms. The highest BCUT2D eigenvalue weighted by atomic mass is 19.1. The van der Waals surface area contributed by atoms with Gasteiger partial charge >= 0.3 is 0 Å². The first-order valence-electron chi connectivity index (χ1n) is 12.1. The summed E-state index contributed by atoms with van der Waals surface area (Å²) in [5.41, 5.74) is 1.24. The number of hydrogen-bond acceptors (Lipinski definition) is 4. The zero-order chi connectivity index (χ0) is 24.2. The Labute approximate surface area is 169 Å². The van der Waals surface area contributed by atoms with Crippen LogP contribution in [-0.2, 0) is 6.42 Å². The number of aliphatic hydroxyl groups excluding tert-OH is 1. The van der Waals surface area contributed by atoms with E-state index in [0.29, 0.717) is 12.8 Å². The van der Waals surface area contributed by atoms with Crippen molar-refractivity contribution in [3.63, 3.8) is 0 Å². The molecule has 1 unspecified atom stereocenters. The van der Waals surface area contributed by atoms with Crippen molar-refractivity contribution in [2.45, 2.75) is 25.4 Å². The van der Waals surface area contributed by atoms with Crippen molar-refractivity contribution >= 4 is 0 Å². The molecule has 0 saturated carbocycles. The van der Waals surface area contributed by atoms with Gasteiger partial charge in [0.05, 0.1) is 28.4 Å². The third-order valence-electron chi connectivity index (χ3n) is 5.25. The van der Waals surface area contributed by atoms with Gasteiger partial charge in [0.25, 0.3) is 0 Å². The number of hydrogen-bond donors (Lipinski definition) is 1. The van der Waals surface area contributed by atoms with Crippen LogP contribution in [0.25, 0.3) is 0 Å². The van der Waals surface area contributed by atoms with Crippen LogP contribution in [0.15, 0.2) is 42.5 Å². The van der Waals surface area contributed by atoms with Crippen molar-refractivity contribution in [3.8, 4) is 11.5 Å². The largest absolute Gasteiger partial charge is 0.493 e. The quantitative estimate of drug-likeness (QED) is 0.794. The number of benzene rings is 2. The molecule has 1 fully saturated rings. The second-order valence-corrected chi connectivity index (χ2v) is 6.88. The molecule has 1 aliphatic rings. The topological polar surface area (TPSA) is 41.9 Å². The first-order chi connectivity index (χ1) is 15.4. The minimum absolute atomic E-state index is 0.158. The first kappa shape index (κ1) is 13.1. The van der Waals surface area contributed by atoms with Crippen molar-refractivity contribution < 1.29 is 27.2 Å². The Morgan fingerprint density at radius 1 is 1.15 bits per heavy atom. The summed E-state index contributed by atoms with van der Waals surface area (Å²) >= 11 is 0. The molecule has 1 atom stereocenters. The molecule has 1 heterocycles. The normalized spacial score (nSPS) is 21.1. The number of halogens is 1. The molecule has 0 aliphatic carbocycles. The Hall–Kier alpha value is -2.11. The van der Waals surface area contributed by atoms with E-state index in [-0.39, 0.29) is 28.8 Å². The monoisotopic (exact) mass is 379 g/mol. The molecule has 2 aromatic carbocycles. The highest BCUT2D eigenvalue weighted by molar-refractivity contribution is 5.47. The molecule has 0 amide bonds. The lowest BCUT2D eigenvalue weighted by Crippen LogP contribution is -2.36. The van der Waals surface area contributed by atoms with Gasteiger partial charge in [0, 0.05) is 12.1 Å². The highest BCUT2D eigenvalue weighted by Crippen LogP contribution is 2.39. The number of rotatable bonds is 7. The smallest absolute Gasteiger partial charge is 0.166 e. The predicted octanol–water partition coefficient (Wildman–Crippen LogP) is 3.83. The van der Waals surface area contributed by atoms with Crippen LogP contribution in [-0.4, -0.2) is 43.7 Å². The molecular formula is C22H28FNO3. The fourth-order valence-electron chi connectivity index (χ4n) is 3.64. The molecule has 146 valence electrons. The number of para-hydroxylation sites is 1. The van der Waals surface area contributed by atoms with Crippen molar-refractivity contribution in [3.05, 3.63) is 59.4 Å². The molecule has 3 rings (SSSR count). The fraction of sp³-hybridized carbons (Fsp3) is 0.455. The van der Waals surface area contributed by atoms with E-state index in [9.17, 15) is 9.50 Å². The zero-order valence-corrected chi connectivity index (χ0v) is 15.0. The first-order valence-corrected chi connectivity index (χ1v) is 9.07. The predicted molar refractivity (Wildman–Crippen MR) is 104 cm³/mol. The van der Waals surface area contributed by atoms with Gasteiger partial charge in [-0.25, -0.2) is 4.39 Å². The Balaban J connectivity index is 1.67. The summed E-state index contributed by atoms with van der Waals surface area (Å²) in [5.74, 6) is -0.947. The molecule has 2 aromatic rings. The SMILES string of the molecule is [2H]C([2H])([2H])Oc1cccc(C(O)C2CCN(CCc3ccc(F)cc3)CC2)c1OC([2H])([2H])[2H]. The molecule has 1 saturated heterocycles. The van der Waals surface area contributed by atoms with Crippen LogP contribution >= 0.6 is 0 Å². The van der Waals surface area contributed by atoms with Gasteiger partial charge in [-0.3, -0.25) is 0 Å². The molecule has 27 heavy (non-hydrogen) atoms. The van der Waals surface area contributed by atoms with Crippen LogP contribution in [0.5, 0.6) is 11.5 Å². The Kier molecular flexibility index (Phi) is 4.47. The van der Waals surface area contributed by atoms with Gasteiger partial charge in [-0.05, 0) is 62.0 Å². The van der Waals surface area contributed by atoms with E-state index in [2.05, 4.69) is 4.90 Å². The maximum Gasteiger partial charge on any atom is 0.166 e. The number of piperidine rings is 1. The summed E-state index contributed by atoms with van der Waals surface area (Å²) in [4.78, 5) is 2.26. The summed E-state index contributed by atoms with van der Waals surface area (Å²) in [6.07, 6.45) is 1.09. The van der Waals surface area contributed by atoms with Gasteiger partial charge in [0.1, 0.15) is 5.82 Å². The van der Waals surface area contributed by atoms with Crippen LogP contribution in [0.3, 0.4) is 0 Å². The summed E-state index contributed by atoms with van der Waals surface area (Å²) in [7, 11) is -5.64. The van der Waals surface area contributed by atoms with Gasteiger partial charge in [0.15, 0.2) is 11.5 Å². The zero-order valence-electron chi connectivity index (χ0n) is 21.0. The van der Waals surface area contributed by atoms with E-state index in [1.807, 2.05) is 0 Å². The molecular weight excluding hydrogens is 345 g/mol. The number of methoxy groups -OCH3 is 2. The molecule has 0 radical (unpaired) electrons. The number of nitrogens with zero attached hydrogens (tertiary/aromatic N) is 1. The average molecular weight is 380 g/mol. The van der Waals surface area contributed by atoms with Crippen LogP contribution in [0.2, 0.25) is 0 Å². The van der Waals surface area contributed by atoms with Gasteiger partial charge in [-0.1, -0.05) is 24.3 Å². The van der Waals surface area contributed by atoms with Crippen LogP contribution in [0, 0.1) is 11.7 Å². The standard InChI is InChI=1S/C22H28FNO3/c1-26-20-5-3-4-19(22(20)27-2)21(25)17-11-14-24(15-12-17)13-10-16-6-8-18(23)9-7-16/h3-9,17,21,25H,10-15H2,1-2H3/i1D3,2D3. The van der Waals surface area contributed by atoms with Crippen LogP contribution < -0.4 is 9.47 Å². The van der Waals surface area contributed by atoms with Crippen LogP contribution in [0.4, 0.5) is 4.39 Å². The summed E-state index contributed by atoms with van der Waals surface area (Å²) in [5, 5.41) is 11.1. The van der Waals surface area contributed by atoms with Gasteiger partial charge < -0.3 is 19.5 Å². The molecule has 4 nitrogen and oxygen atoms in total. The van der Waals surface area contributed by atoms with Crippen molar-refractivity contribution in [2.75, 3.05) is 33.7 Å². The molecule has 0 aromatic heterocycles. The minimum Gasteiger partial charge on any atom is -0.493 e. The summed E-state index contributed by atoms with van der Waals surface area (Å²) in [6, 6.07) is 10.8. The number of aliphatic hydroxyl groups is 1. The van der Waals surface area contributed by atoms with E-state index >= 15 is 0 Å². The summed E-state index contributed by atoms with van der Waals surface area (Å²) < 4.78 is 67.4.